The molecule has 1 nitrogen and oxygen atoms in total. The first kappa shape index (κ1) is 5.25. The molecule has 0 aliphatic carbocycles. The predicted molar refractivity (Wildman–Crippen MR) is 27.3 cm³/mol. The van der Waals surface area contributed by atoms with Crippen LogP contribution in [0.4, 0.5) is 0 Å². The maximum absolute atomic E-state index is 9.35. The molecule has 0 bridgehead atoms. The van der Waals surface area contributed by atoms with E-state index in [4.69, 9.17) is 0 Å². The molecule has 0 aromatic rings. The predicted octanol–water partition coefficient (Wildman–Crippen LogP) is 0.813. The topological polar surface area (TPSA) is 19.9 Å². The van der Waals surface area contributed by atoms with Gasteiger partial charge in [0.1, 0.15) is 6.61 Å². The maximum Gasteiger partial charge on any atom is 0.143 e. The van der Waals surface area contributed by atoms with E-state index in [0.29, 0.717) is 0 Å². The average Bonchev–Trinajstić information content (AvgIpc) is 1.41. The van der Waals surface area contributed by atoms with Crippen LogP contribution in [0.15, 0.2) is 0 Å². The fourth-order valence-corrected chi connectivity index (χ4v) is 0.183. The quantitative estimate of drug-likeness (QED) is 0.389. The van der Waals surface area contributed by atoms with Crippen molar-refractivity contribution in [3.63, 3.8) is 0 Å². The van der Waals surface area contributed by atoms with Gasteiger partial charge in [-0.2, -0.15) is 0 Å². The summed E-state index contributed by atoms with van der Waals surface area (Å²) in [5.41, 5.74) is 0. The lowest BCUT2D eigenvalue weighted by molar-refractivity contribution is 0.239. The number of hydrogen-bond donors (Lipinski definition) is 0. The molecule has 5 heavy (non-hydrogen) atoms. The first-order valence-electron chi connectivity index (χ1n) is 1.08. The molecule has 2 heteroatoms. The Hall–Kier alpha value is 0.250. The molecule has 0 heterocycles. The minimum Gasteiger partial charge on any atom is -0.223 e. The molecule has 0 atom stereocenters. The molecule has 0 saturated carbocycles. The van der Waals surface area contributed by atoms with Crippen LogP contribution in [-0.4, -0.2) is 6.61 Å². The van der Waals surface area contributed by atoms with E-state index in [1.54, 1.807) is 0 Å². The molecule has 0 rings (SSSR count). The van der Waals surface area contributed by atoms with Gasteiger partial charge in [-0.3, -0.25) is 0 Å². The number of hydrogen-bond acceptors (Lipinski definition) is 0. The molecule has 1 radical (unpaired) electrons. The highest BCUT2D eigenvalue weighted by molar-refractivity contribution is 14.1. The Labute approximate surface area is 44.5 Å². The van der Waals surface area contributed by atoms with Crippen molar-refractivity contribution >= 4 is 22.6 Å². The molecular formula is C3H2IO. The van der Waals surface area contributed by atoms with Crippen LogP contribution >= 0.6 is 22.6 Å². The van der Waals surface area contributed by atoms with E-state index in [1.807, 2.05) is 22.6 Å². The van der Waals surface area contributed by atoms with Crippen molar-refractivity contribution in [2.75, 3.05) is 6.61 Å². The third kappa shape index (κ3) is 4.25. The monoisotopic (exact) mass is 181 g/mol. The van der Waals surface area contributed by atoms with Crippen LogP contribution < -0.4 is 0 Å². The van der Waals surface area contributed by atoms with Gasteiger partial charge in [0.15, 0.2) is 0 Å². The molecule has 0 aliphatic heterocycles. The third-order valence-corrected chi connectivity index (χ3v) is 0.520. The Morgan fingerprint density at radius 2 is 2.40 bits per heavy atom. The molecule has 27 valence electrons. The Bertz CT molecular complexity index is 59.0. The summed E-state index contributed by atoms with van der Waals surface area (Å²) in [6.45, 7) is -0.275. The smallest absolute Gasteiger partial charge is 0.143 e. The second kappa shape index (κ2) is 4.25. The van der Waals surface area contributed by atoms with Crippen LogP contribution in [0.2, 0.25) is 0 Å². The van der Waals surface area contributed by atoms with Gasteiger partial charge in [-0.25, -0.2) is 5.11 Å². The summed E-state index contributed by atoms with van der Waals surface area (Å²) >= 11 is 1.83. The first-order chi connectivity index (χ1) is 2.41. The summed E-state index contributed by atoms with van der Waals surface area (Å²) in [6.07, 6.45) is 0. The lowest BCUT2D eigenvalue weighted by atomic mass is 10.8. The Morgan fingerprint density at radius 3 is 2.40 bits per heavy atom. The van der Waals surface area contributed by atoms with E-state index in [-0.39, 0.29) is 6.61 Å². The summed E-state index contributed by atoms with van der Waals surface area (Å²) in [4.78, 5) is 0. The Morgan fingerprint density at radius 1 is 1.80 bits per heavy atom. The zero-order valence-corrected chi connectivity index (χ0v) is 4.65. The molecular weight excluding hydrogens is 179 g/mol. The van der Waals surface area contributed by atoms with Crippen LogP contribution in [0.5, 0.6) is 0 Å². The zero-order valence-electron chi connectivity index (χ0n) is 2.49. The van der Waals surface area contributed by atoms with Crippen molar-refractivity contribution in [1.29, 1.82) is 0 Å². The fourth-order valence-electron chi connectivity index (χ4n) is 0.0273. The summed E-state index contributed by atoms with van der Waals surface area (Å²) in [7, 11) is 0. The molecule has 0 saturated heterocycles. The largest absolute Gasteiger partial charge is 0.223 e. The minimum atomic E-state index is -0.275. The lowest BCUT2D eigenvalue weighted by Gasteiger charge is -1.53. The van der Waals surface area contributed by atoms with Gasteiger partial charge in [0.05, 0.1) is 0 Å². The molecule has 0 amide bonds. The van der Waals surface area contributed by atoms with Gasteiger partial charge in [-0.1, -0.05) is 5.92 Å². The summed E-state index contributed by atoms with van der Waals surface area (Å²) < 4.78 is 2.42. The van der Waals surface area contributed by atoms with Gasteiger partial charge in [0.25, 0.3) is 0 Å². The van der Waals surface area contributed by atoms with Gasteiger partial charge < -0.3 is 0 Å². The fraction of sp³-hybridized carbons (Fsp3) is 0.333. The summed E-state index contributed by atoms with van der Waals surface area (Å²) in [5.74, 6) is 2.29. The van der Waals surface area contributed by atoms with Crippen LogP contribution in [0.25, 0.3) is 0 Å². The van der Waals surface area contributed by atoms with E-state index < -0.39 is 0 Å². The van der Waals surface area contributed by atoms with Crippen molar-refractivity contribution in [1.82, 2.24) is 0 Å². The van der Waals surface area contributed by atoms with Gasteiger partial charge in [-0.15, -0.1) is 0 Å². The number of rotatable bonds is 0. The standard InChI is InChI=1S/C3H2IO/c4-2-1-3-5/h3H2. The molecule has 0 fully saturated rings. The van der Waals surface area contributed by atoms with Gasteiger partial charge in [-0.05, 0) is 3.93 Å². The Balaban J connectivity index is 2.81. The molecule has 0 unspecified atom stereocenters. The van der Waals surface area contributed by atoms with E-state index in [0.717, 1.165) is 0 Å². The second-order valence-electron chi connectivity index (χ2n) is 0.416. The summed E-state index contributed by atoms with van der Waals surface area (Å²) in [6, 6.07) is 0. The van der Waals surface area contributed by atoms with Crippen molar-refractivity contribution < 1.29 is 5.11 Å². The van der Waals surface area contributed by atoms with Crippen molar-refractivity contribution in [3.8, 4) is 9.85 Å². The van der Waals surface area contributed by atoms with E-state index in [1.165, 1.54) is 0 Å². The van der Waals surface area contributed by atoms with Crippen molar-refractivity contribution in [2.45, 2.75) is 0 Å². The Kier molecular flexibility index (Phi) is 4.46. The highest BCUT2D eigenvalue weighted by Gasteiger charge is 1.53. The van der Waals surface area contributed by atoms with Gasteiger partial charge in [0, 0.05) is 22.6 Å². The molecule has 0 aromatic carbocycles. The molecule has 0 aromatic heterocycles. The molecule has 0 N–H and O–H groups in total. The van der Waals surface area contributed by atoms with Crippen LogP contribution in [0, 0.1) is 9.85 Å². The highest BCUT2D eigenvalue weighted by atomic mass is 127. The van der Waals surface area contributed by atoms with E-state index in [2.05, 4.69) is 9.85 Å². The van der Waals surface area contributed by atoms with Crippen molar-refractivity contribution in [3.05, 3.63) is 0 Å². The molecule has 0 aliphatic rings. The van der Waals surface area contributed by atoms with Gasteiger partial charge in [0.2, 0.25) is 0 Å². The zero-order chi connectivity index (χ0) is 4.12. The molecule has 0 spiro atoms. The van der Waals surface area contributed by atoms with Crippen LogP contribution in [0.1, 0.15) is 0 Å². The first-order valence-corrected chi connectivity index (χ1v) is 2.16. The third-order valence-electron chi connectivity index (χ3n) is 0.139. The maximum atomic E-state index is 9.35. The van der Waals surface area contributed by atoms with E-state index >= 15 is 0 Å². The van der Waals surface area contributed by atoms with Crippen LogP contribution in [-0.2, 0) is 5.11 Å². The lowest BCUT2D eigenvalue weighted by Crippen LogP contribution is -1.62. The minimum absolute atomic E-state index is 0.275. The number of halogens is 1. The van der Waals surface area contributed by atoms with Crippen molar-refractivity contribution in [2.24, 2.45) is 0 Å². The normalized spacial score (nSPS) is 5.20. The van der Waals surface area contributed by atoms with Gasteiger partial charge >= 0.3 is 0 Å². The van der Waals surface area contributed by atoms with E-state index in [9.17, 15) is 5.11 Å². The van der Waals surface area contributed by atoms with Crippen LogP contribution in [0.3, 0.4) is 0 Å². The SMILES string of the molecule is [O]CC#CI. The second-order valence-corrected chi connectivity index (χ2v) is 0.955. The summed E-state index contributed by atoms with van der Waals surface area (Å²) in [5, 5.41) is 9.35. The average molecular weight is 181 g/mol. The highest BCUT2D eigenvalue weighted by Crippen LogP contribution is 1.66.